The average Bonchev–Trinajstić information content (AvgIpc) is 2.69. The van der Waals surface area contributed by atoms with Gasteiger partial charge in [0.2, 0.25) is 5.43 Å². The maximum absolute atomic E-state index is 12.9. The highest BCUT2D eigenvalue weighted by atomic mass is 16.7. The van der Waals surface area contributed by atoms with Crippen molar-refractivity contribution < 1.29 is 49.6 Å². The maximum atomic E-state index is 12.9. The summed E-state index contributed by atoms with van der Waals surface area (Å²) < 4.78 is 16.7. The SMILES string of the molecule is O=c1c2c(oc3cc(O)cc(O)c13)[C@H](O[C@@H]1O[C@@H](CO)[C@H](O)[C@@H](O)[C@@H]1O)CC[C@H]2O. The molecular formula is C19H22O11. The number of rotatable bonds is 3. The van der Waals surface area contributed by atoms with E-state index in [0.29, 0.717) is 0 Å². The molecule has 30 heavy (non-hydrogen) atoms. The standard InChI is InChI=1S/C19H22O11/c20-5-11-14(24)16(26)17(27)19(30-11)29-9-2-1-7(22)13-15(25)12-8(23)3-6(21)4-10(12)28-18(9)13/h3-4,7,9,11,14,16-17,19-24,26-27H,1-2,5H2/t7-,9-,11+,14+,16-,17+,19-/m1/s1. The number of hydrogen-bond acceptors (Lipinski definition) is 11. The number of aliphatic hydroxyl groups is 5. The van der Waals surface area contributed by atoms with Crippen LogP contribution in [0.25, 0.3) is 11.0 Å². The van der Waals surface area contributed by atoms with E-state index in [0.717, 1.165) is 12.1 Å². The Hall–Kier alpha value is -2.25. The van der Waals surface area contributed by atoms with E-state index in [1.54, 1.807) is 0 Å². The quantitative estimate of drug-likeness (QED) is 0.315. The Kier molecular flexibility index (Phi) is 5.45. The molecule has 4 rings (SSSR count). The van der Waals surface area contributed by atoms with Crippen LogP contribution in [0.2, 0.25) is 0 Å². The summed E-state index contributed by atoms with van der Waals surface area (Å²) in [5, 5.41) is 69.2. The molecule has 0 spiro atoms. The fourth-order valence-corrected chi connectivity index (χ4v) is 3.93. The lowest BCUT2D eigenvalue weighted by atomic mass is 9.90. The predicted molar refractivity (Wildman–Crippen MR) is 97.6 cm³/mol. The summed E-state index contributed by atoms with van der Waals surface area (Å²) in [4.78, 5) is 12.9. The summed E-state index contributed by atoms with van der Waals surface area (Å²) in [6.45, 7) is -0.636. The fraction of sp³-hybridized carbons (Fsp3) is 0.526. The number of phenols is 2. The summed E-state index contributed by atoms with van der Waals surface area (Å²) in [5.74, 6) is -0.926. The number of benzene rings is 1. The summed E-state index contributed by atoms with van der Waals surface area (Å²) in [6.07, 6.45) is -9.43. The van der Waals surface area contributed by atoms with Gasteiger partial charge in [-0.1, -0.05) is 0 Å². The lowest BCUT2D eigenvalue weighted by Gasteiger charge is -2.41. The van der Waals surface area contributed by atoms with Crippen molar-refractivity contribution in [3.05, 3.63) is 33.7 Å². The molecule has 1 fully saturated rings. The minimum Gasteiger partial charge on any atom is -0.508 e. The van der Waals surface area contributed by atoms with Crippen LogP contribution in [0.5, 0.6) is 11.5 Å². The van der Waals surface area contributed by atoms with Crippen LogP contribution in [-0.2, 0) is 9.47 Å². The van der Waals surface area contributed by atoms with Gasteiger partial charge in [0.05, 0.1) is 18.3 Å². The molecule has 0 radical (unpaired) electrons. The smallest absolute Gasteiger partial charge is 0.202 e. The van der Waals surface area contributed by atoms with Crippen molar-refractivity contribution in [3.8, 4) is 11.5 Å². The van der Waals surface area contributed by atoms with Crippen molar-refractivity contribution in [2.24, 2.45) is 0 Å². The fourth-order valence-electron chi connectivity index (χ4n) is 3.93. The molecule has 0 unspecified atom stereocenters. The first kappa shape index (κ1) is 21.0. The zero-order valence-corrected chi connectivity index (χ0v) is 15.6. The Labute approximate surface area is 169 Å². The number of hydrogen-bond donors (Lipinski definition) is 7. The minimum atomic E-state index is -1.65. The van der Waals surface area contributed by atoms with Crippen molar-refractivity contribution >= 4 is 11.0 Å². The summed E-state index contributed by atoms with van der Waals surface area (Å²) in [6, 6.07) is 2.10. The molecule has 2 aliphatic rings. The van der Waals surface area contributed by atoms with E-state index in [1.165, 1.54) is 0 Å². The van der Waals surface area contributed by atoms with E-state index < -0.39 is 60.7 Å². The second-order valence-corrected chi connectivity index (χ2v) is 7.46. The predicted octanol–water partition coefficient (Wildman–Crippen LogP) is -1.11. The van der Waals surface area contributed by atoms with Crippen LogP contribution < -0.4 is 5.43 Å². The van der Waals surface area contributed by atoms with Crippen molar-refractivity contribution in [2.45, 2.75) is 55.8 Å². The molecule has 2 aromatic rings. The lowest BCUT2D eigenvalue weighted by Crippen LogP contribution is -2.59. The first-order valence-electron chi connectivity index (χ1n) is 9.39. The average molecular weight is 426 g/mol. The largest absolute Gasteiger partial charge is 0.508 e. The van der Waals surface area contributed by atoms with Gasteiger partial charge in [-0.25, -0.2) is 0 Å². The summed E-state index contributed by atoms with van der Waals surface area (Å²) >= 11 is 0. The highest BCUT2D eigenvalue weighted by Gasteiger charge is 2.46. The van der Waals surface area contributed by atoms with Crippen LogP contribution in [0.15, 0.2) is 21.3 Å². The number of ether oxygens (including phenoxy) is 2. The van der Waals surface area contributed by atoms with Gasteiger partial charge in [0.25, 0.3) is 0 Å². The maximum Gasteiger partial charge on any atom is 0.202 e. The number of aromatic hydroxyl groups is 2. The van der Waals surface area contributed by atoms with Crippen molar-refractivity contribution in [1.82, 2.24) is 0 Å². The van der Waals surface area contributed by atoms with E-state index in [4.69, 9.17) is 13.9 Å². The number of aliphatic hydroxyl groups excluding tert-OH is 5. The van der Waals surface area contributed by atoms with Gasteiger partial charge in [0.15, 0.2) is 6.29 Å². The molecule has 7 N–H and O–H groups in total. The number of fused-ring (bicyclic) bond motifs is 2. The van der Waals surface area contributed by atoms with Gasteiger partial charge in [0, 0.05) is 12.1 Å². The molecular weight excluding hydrogens is 404 g/mol. The third-order valence-electron chi connectivity index (χ3n) is 5.50. The number of phenolic OH excluding ortho intramolecular Hbond substituents is 2. The second-order valence-electron chi connectivity index (χ2n) is 7.46. The molecule has 1 aliphatic heterocycles. The molecule has 1 aliphatic carbocycles. The molecule has 11 heteroatoms. The zero-order valence-electron chi connectivity index (χ0n) is 15.6. The Balaban J connectivity index is 1.74. The van der Waals surface area contributed by atoms with Crippen LogP contribution in [0.4, 0.5) is 0 Å². The molecule has 0 bridgehead atoms. The van der Waals surface area contributed by atoms with E-state index in [9.17, 15) is 40.5 Å². The summed E-state index contributed by atoms with van der Waals surface area (Å²) in [7, 11) is 0. The van der Waals surface area contributed by atoms with Crippen LogP contribution in [-0.4, -0.2) is 73.1 Å². The third-order valence-corrected chi connectivity index (χ3v) is 5.50. The van der Waals surface area contributed by atoms with E-state index >= 15 is 0 Å². The molecule has 0 saturated carbocycles. The van der Waals surface area contributed by atoms with Crippen molar-refractivity contribution in [3.63, 3.8) is 0 Å². The Morgan fingerprint density at radius 1 is 1.03 bits per heavy atom. The van der Waals surface area contributed by atoms with E-state index in [1.807, 2.05) is 0 Å². The van der Waals surface area contributed by atoms with Crippen LogP contribution in [0.3, 0.4) is 0 Å². The molecule has 2 heterocycles. The highest BCUT2D eigenvalue weighted by molar-refractivity contribution is 5.85. The first-order chi connectivity index (χ1) is 14.2. The van der Waals surface area contributed by atoms with Gasteiger partial charge in [-0.3, -0.25) is 4.79 Å². The van der Waals surface area contributed by atoms with Crippen LogP contribution in [0.1, 0.15) is 36.4 Å². The molecule has 164 valence electrons. The van der Waals surface area contributed by atoms with Crippen LogP contribution in [0, 0.1) is 0 Å². The molecule has 1 aromatic heterocycles. The van der Waals surface area contributed by atoms with Gasteiger partial charge in [0.1, 0.15) is 58.7 Å². The Morgan fingerprint density at radius 2 is 1.77 bits per heavy atom. The van der Waals surface area contributed by atoms with Crippen molar-refractivity contribution in [2.75, 3.05) is 6.61 Å². The van der Waals surface area contributed by atoms with Crippen LogP contribution >= 0.6 is 0 Å². The van der Waals surface area contributed by atoms with Gasteiger partial charge < -0.3 is 49.6 Å². The first-order valence-corrected chi connectivity index (χ1v) is 9.39. The minimum absolute atomic E-state index is 0.0757. The van der Waals surface area contributed by atoms with E-state index in [-0.39, 0.29) is 40.9 Å². The van der Waals surface area contributed by atoms with Crippen molar-refractivity contribution in [1.29, 1.82) is 0 Å². The normalized spacial score (nSPS) is 34.1. The zero-order chi connectivity index (χ0) is 21.7. The van der Waals surface area contributed by atoms with Gasteiger partial charge in [-0.15, -0.1) is 0 Å². The second kappa shape index (κ2) is 7.78. The Bertz CT molecular complexity index is 1000. The van der Waals surface area contributed by atoms with Gasteiger partial charge in [-0.2, -0.15) is 0 Å². The summed E-state index contributed by atoms with van der Waals surface area (Å²) in [5.41, 5.74) is -0.963. The van der Waals surface area contributed by atoms with Gasteiger partial charge in [-0.05, 0) is 12.8 Å². The molecule has 1 aromatic carbocycles. The topological polar surface area (TPSA) is 190 Å². The van der Waals surface area contributed by atoms with E-state index in [2.05, 4.69) is 0 Å². The molecule has 0 amide bonds. The third kappa shape index (κ3) is 3.34. The molecule has 7 atom stereocenters. The molecule has 11 nitrogen and oxygen atoms in total. The molecule has 1 saturated heterocycles. The monoisotopic (exact) mass is 426 g/mol. The lowest BCUT2D eigenvalue weighted by molar-refractivity contribution is -0.315. The van der Waals surface area contributed by atoms with Gasteiger partial charge >= 0.3 is 0 Å². The Morgan fingerprint density at radius 3 is 2.47 bits per heavy atom. The highest BCUT2D eigenvalue weighted by Crippen LogP contribution is 2.41.